The third-order valence-corrected chi connectivity index (χ3v) is 4.80. The molecule has 1 aromatic carbocycles. The van der Waals surface area contributed by atoms with Gasteiger partial charge in [-0.05, 0) is 36.3 Å². The molecule has 0 aliphatic carbocycles. The lowest BCUT2D eigenvalue weighted by molar-refractivity contribution is 0.0625. The molecule has 3 nitrogen and oxygen atoms in total. The summed E-state index contributed by atoms with van der Waals surface area (Å²) < 4.78 is 1.15. The zero-order valence-electron chi connectivity index (χ0n) is 10.7. The van der Waals surface area contributed by atoms with E-state index in [1.165, 1.54) is 0 Å². The molecule has 19 heavy (non-hydrogen) atoms. The third kappa shape index (κ3) is 2.51. The van der Waals surface area contributed by atoms with Crippen molar-refractivity contribution in [1.29, 1.82) is 0 Å². The van der Waals surface area contributed by atoms with Gasteiger partial charge in [-0.2, -0.15) is 0 Å². The van der Waals surface area contributed by atoms with Gasteiger partial charge in [0, 0.05) is 24.4 Å². The molecule has 0 saturated carbocycles. The molecule has 1 atom stereocenters. The Hall–Kier alpha value is -1.39. The Bertz CT molecular complexity index is 560. The van der Waals surface area contributed by atoms with Crippen molar-refractivity contribution in [3.05, 3.63) is 35.2 Å². The molecule has 4 heteroatoms. The van der Waals surface area contributed by atoms with E-state index in [1.807, 2.05) is 35.2 Å². The van der Waals surface area contributed by atoms with Crippen LogP contribution in [0.2, 0.25) is 0 Å². The molecule has 1 aliphatic rings. The van der Waals surface area contributed by atoms with Crippen molar-refractivity contribution >= 4 is 27.3 Å². The molecule has 100 valence electrons. The number of rotatable bonds is 2. The highest BCUT2D eigenvalue weighted by atomic mass is 32.1. The van der Waals surface area contributed by atoms with Crippen LogP contribution < -0.4 is 0 Å². The van der Waals surface area contributed by atoms with Crippen LogP contribution in [0, 0.1) is 5.92 Å². The lowest BCUT2D eigenvalue weighted by atomic mass is 9.99. The number of fused-ring (bicyclic) bond motifs is 1. The normalized spacial score (nSPS) is 19.8. The number of carbonyl (C=O) groups is 1. The van der Waals surface area contributed by atoms with Gasteiger partial charge in [0.1, 0.15) is 0 Å². The summed E-state index contributed by atoms with van der Waals surface area (Å²) in [4.78, 5) is 15.2. The minimum atomic E-state index is 0.111. The van der Waals surface area contributed by atoms with Crippen molar-refractivity contribution in [3.8, 4) is 0 Å². The number of aliphatic hydroxyl groups is 1. The van der Waals surface area contributed by atoms with Crippen molar-refractivity contribution in [1.82, 2.24) is 4.90 Å². The average Bonchev–Trinajstić information content (AvgIpc) is 2.90. The molecule has 0 spiro atoms. The lowest BCUT2D eigenvalue weighted by Gasteiger charge is -2.31. The second-order valence-corrected chi connectivity index (χ2v) is 6.17. The molecule has 1 N–H and O–H groups in total. The maximum Gasteiger partial charge on any atom is 0.263 e. The number of piperidine rings is 1. The highest BCUT2D eigenvalue weighted by Gasteiger charge is 2.24. The van der Waals surface area contributed by atoms with Crippen molar-refractivity contribution < 1.29 is 9.90 Å². The predicted molar refractivity (Wildman–Crippen MR) is 77.5 cm³/mol. The quantitative estimate of drug-likeness (QED) is 0.915. The van der Waals surface area contributed by atoms with Gasteiger partial charge in [0.05, 0.1) is 4.88 Å². The molecule has 2 aromatic rings. The van der Waals surface area contributed by atoms with Crippen molar-refractivity contribution in [2.75, 3.05) is 19.7 Å². The van der Waals surface area contributed by atoms with Gasteiger partial charge in [-0.3, -0.25) is 4.79 Å². The van der Waals surface area contributed by atoms with Gasteiger partial charge >= 0.3 is 0 Å². The SMILES string of the molecule is O=C(c1cc2ccccc2s1)N1CCCC(CO)C1. The Morgan fingerprint density at radius 2 is 2.26 bits per heavy atom. The summed E-state index contributed by atoms with van der Waals surface area (Å²) in [6.45, 7) is 1.67. The Morgan fingerprint density at radius 1 is 1.42 bits per heavy atom. The number of carbonyl (C=O) groups excluding carboxylic acids is 1. The van der Waals surface area contributed by atoms with E-state index in [4.69, 9.17) is 0 Å². The molecule has 0 radical (unpaired) electrons. The van der Waals surface area contributed by atoms with Crippen LogP contribution in [0.1, 0.15) is 22.5 Å². The number of likely N-dealkylation sites (tertiary alicyclic amines) is 1. The fourth-order valence-corrected chi connectivity index (χ4v) is 3.67. The minimum Gasteiger partial charge on any atom is -0.396 e. The summed E-state index contributed by atoms with van der Waals surface area (Å²) in [7, 11) is 0. The van der Waals surface area contributed by atoms with Crippen LogP contribution in [-0.2, 0) is 0 Å². The van der Waals surface area contributed by atoms with Crippen molar-refractivity contribution in [2.45, 2.75) is 12.8 Å². The Kier molecular flexibility index (Phi) is 3.53. The van der Waals surface area contributed by atoms with Gasteiger partial charge < -0.3 is 10.0 Å². The number of hydrogen-bond acceptors (Lipinski definition) is 3. The fourth-order valence-electron chi connectivity index (χ4n) is 2.64. The molecule has 1 aromatic heterocycles. The zero-order chi connectivity index (χ0) is 13.2. The topological polar surface area (TPSA) is 40.5 Å². The first-order chi connectivity index (χ1) is 9.28. The van der Waals surface area contributed by atoms with E-state index >= 15 is 0 Å². The monoisotopic (exact) mass is 275 g/mol. The molecule has 2 heterocycles. The number of hydrogen-bond donors (Lipinski definition) is 1. The maximum atomic E-state index is 12.5. The molecule has 1 saturated heterocycles. The van der Waals surface area contributed by atoms with Gasteiger partial charge in [0.25, 0.3) is 5.91 Å². The van der Waals surface area contributed by atoms with E-state index in [1.54, 1.807) is 11.3 Å². The van der Waals surface area contributed by atoms with Gasteiger partial charge in [0.2, 0.25) is 0 Å². The number of thiophene rings is 1. The maximum absolute atomic E-state index is 12.5. The summed E-state index contributed by atoms with van der Waals surface area (Å²) >= 11 is 1.55. The number of aliphatic hydroxyl groups excluding tert-OH is 1. The van der Waals surface area contributed by atoms with E-state index in [0.717, 1.165) is 34.3 Å². The second kappa shape index (κ2) is 5.31. The average molecular weight is 275 g/mol. The Morgan fingerprint density at radius 3 is 3.05 bits per heavy atom. The van der Waals surface area contributed by atoms with Crippen LogP contribution in [0.25, 0.3) is 10.1 Å². The lowest BCUT2D eigenvalue weighted by Crippen LogP contribution is -2.40. The second-order valence-electron chi connectivity index (χ2n) is 5.09. The van der Waals surface area contributed by atoms with Gasteiger partial charge in [-0.25, -0.2) is 0 Å². The summed E-state index contributed by atoms with van der Waals surface area (Å²) in [6, 6.07) is 10.0. The molecular weight excluding hydrogens is 258 g/mol. The van der Waals surface area contributed by atoms with Crippen LogP contribution in [0.3, 0.4) is 0 Å². The molecule has 1 fully saturated rings. The van der Waals surface area contributed by atoms with Crippen LogP contribution in [0.15, 0.2) is 30.3 Å². The summed E-state index contributed by atoms with van der Waals surface area (Å²) in [5.74, 6) is 0.353. The van der Waals surface area contributed by atoms with Crippen LogP contribution in [-0.4, -0.2) is 35.6 Å². The van der Waals surface area contributed by atoms with Crippen molar-refractivity contribution in [3.63, 3.8) is 0 Å². The van der Waals surface area contributed by atoms with E-state index in [9.17, 15) is 9.90 Å². The van der Waals surface area contributed by atoms with E-state index in [-0.39, 0.29) is 18.4 Å². The van der Waals surface area contributed by atoms with E-state index in [0.29, 0.717) is 6.54 Å². The Balaban J connectivity index is 1.82. The predicted octanol–water partition coefficient (Wildman–Crippen LogP) is 2.75. The standard InChI is InChI=1S/C15H17NO2S/c17-10-11-4-3-7-16(9-11)15(18)14-8-12-5-1-2-6-13(12)19-14/h1-2,5-6,8,11,17H,3-4,7,9-10H2. The minimum absolute atomic E-state index is 0.111. The zero-order valence-corrected chi connectivity index (χ0v) is 11.5. The highest BCUT2D eigenvalue weighted by molar-refractivity contribution is 7.20. The number of nitrogens with zero attached hydrogens (tertiary/aromatic N) is 1. The van der Waals surface area contributed by atoms with Crippen molar-refractivity contribution in [2.24, 2.45) is 5.92 Å². The summed E-state index contributed by atoms with van der Waals surface area (Å²) in [5.41, 5.74) is 0. The number of amides is 1. The molecule has 1 aliphatic heterocycles. The fraction of sp³-hybridized carbons (Fsp3) is 0.400. The molecule has 3 rings (SSSR count). The highest BCUT2D eigenvalue weighted by Crippen LogP contribution is 2.27. The largest absolute Gasteiger partial charge is 0.396 e. The first-order valence-corrected chi connectivity index (χ1v) is 7.48. The Labute approximate surface area is 116 Å². The molecular formula is C15H17NO2S. The van der Waals surface area contributed by atoms with E-state index in [2.05, 4.69) is 0 Å². The summed E-state index contributed by atoms with van der Waals surface area (Å²) in [6.07, 6.45) is 2.01. The third-order valence-electron chi connectivity index (χ3n) is 3.70. The van der Waals surface area contributed by atoms with Gasteiger partial charge in [-0.1, -0.05) is 18.2 Å². The van der Waals surface area contributed by atoms with E-state index < -0.39 is 0 Å². The molecule has 1 amide bonds. The first-order valence-electron chi connectivity index (χ1n) is 6.66. The first kappa shape index (κ1) is 12.6. The smallest absolute Gasteiger partial charge is 0.263 e. The molecule has 0 bridgehead atoms. The van der Waals surface area contributed by atoms with Gasteiger partial charge in [0.15, 0.2) is 0 Å². The molecule has 1 unspecified atom stereocenters. The van der Waals surface area contributed by atoms with Crippen LogP contribution in [0.4, 0.5) is 0 Å². The van der Waals surface area contributed by atoms with Gasteiger partial charge in [-0.15, -0.1) is 11.3 Å². The summed E-state index contributed by atoms with van der Waals surface area (Å²) in [5, 5.41) is 10.4. The van der Waals surface area contributed by atoms with Crippen LogP contribution >= 0.6 is 11.3 Å². The van der Waals surface area contributed by atoms with Crippen LogP contribution in [0.5, 0.6) is 0 Å². The number of benzene rings is 1.